The van der Waals surface area contributed by atoms with Gasteiger partial charge in [0.25, 0.3) is 0 Å². The zero-order valence-electron chi connectivity index (χ0n) is 34.7. The Morgan fingerprint density at radius 3 is 1.66 bits per heavy atom. The summed E-state index contributed by atoms with van der Waals surface area (Å²) < 4.78 is 2.43. The lowest BCUT2D eigenvalue weighted by Gasteiger charge is -2.36. The largest absolute Gasteiger partial charge is 0.310 e. The van der Waals surface area contributed by atoms with E-state index < -0.39 is 0 Å². The van der Waals surface area contributed by atoms with Gasteiger partial charge in [-0.1, -0.05) is 189 Å². The van der Waals surface area contributed by atoms with E-state index in [1.54, 1.807) is 0 Å². The fourth-order valence-corrected chi connectivity index (χ4v) is 11.1. The molecule has 2 aliphatic carbocycles. The zero-order chi connectivity index (χ0) is 41.0. The lowest BCUT2D eigenvalue weighted by Crippen LogP contribution is -2.28. The van der Waals surface area contributed by atoms with Gasteiger partial charge in [-0.3, -0.25) is 0 Å². The Balaban J connectivity index is 1.11. The molecule has 1 fully saturated rings. The Hall–Kier alpha value is -7.42. The fourth-order valence-electron chi connectivity index (χ4n) is 11.1. The molecule has 0 radical (unpaired) electrons. The summed E-state index contributed by atoms with van der Waals surface area (Å²) in [6, 6.07) is 80.9. The predicted octanol–water partition coefficient (Wildman–Crippen LogP) is 16.5. The minimum absolute atomic E-state index is 0.0893. The third-order valence-electron chi connectivity index (χ3n) is 13.8. The van der Waals surface area contributed by atoms with Crippen molar-refractivity contribution < 1.29 is 0 Å². The van der Waals surface area contributed by atoms with Crippen LogP contribution in [-0.4, -0.2) is 4.57 Å². The topological polar surface area (TPSA) is 8.17 Å². The van der Waals surface area contributed by atoms with Crippen LogP contribution in [0.5, 0.6) is 0 Å². The summed E-state index contributed by atoms with van der Waals surface area (Å²) in [5.74, 6) is 0. The zero-order valence-corrected chi connectivity index (χ0v) is 34.7. The van der Waals surface area contributed by atoms with Crippen LogP contribution in [0.2, 0.25) is 0 Å². The third kappa shape index (κ3) is 5.78. The molecule has 62 heavy (non-hydrogen) atoms. The molecule has 0 saturated heterocycles. The highest BCUT2D eigenvalue weighted by Gasteiger charge is 2.43. The number of nitrogens with zero attached hydrogens (tertiary/aromatic N) is 2. The average Bonchev–Trinajstić information content (AvgIpc) is 3.81. The number of rotatable bonds is 7. The molecule has 10 aromatic rings. The van der Waals surface area contributed by atoms with Crippen LogP contribution in [0, 0.1) is 0 Å². The van der Waals surface area contributed by atoms with E-state index in [0.717, 1.165) is 22.7 Å². The number of benzene rings is 9. The van der Waals surface area contributed by atoms with E-state index in [1.165, 1.54) is 110 Å². The van der Waals surface area contributed by atoms with Crippen LogP contribution in [-0.2, 0) is 5.41 Å². The van der Waals surface area contributed by atoms with Crippen LogP contribution < -0.4 is 4.90 Å². The fraction of sp³-hybridized carbons (Fsp3) is 0.100. The van der Waals surface area contributed by atoms with E-state index in [9.17, 15) is 0 Å². The van der Waals surface area contributed by atoms with Crippen molar-refractivity contribution in [2.75, 3.05) is 4.90 Å². The van der Waals surface area contributed by atoms with E-state index in [0.29, 0.717) is 0 Å². The molecule has 12 rings (SSSR count). The van der Waals surface area contributed by atoms with Gasteiger partial charge in [0.1, 0.15) is 0 Å². The quantitative estimate of drug-likeness (QED) is 0.156. The minimum Gasteiger partial charge on any atom is -0.310 e. The van der Waals surface area contributed by atoms with Crippen molar-refractivity contribution in [3.8, 4) is 50.2 Å². The molecule has 1 aromatic heterocycles. The second-order valence-corrected chi connectivity index (χ2v) is 17.1. The van der Waals surface area contributed by atoms with Crippen LogP contribution in [0.25, 0.3) is 72.0 Å². The van der Waals surface area contributed by atoms with Gasteiger partial charge in [0.2, 0.25) is 0 Å². The minimum atomic E-state index is 0.0893. The molecule has 2 nitrogen and oxygen atoms in total. The van der Waals surface area contributed by atoms with Crippen LogP contribution in [0.15, 0.2) is 218 Å². The van der Waals surface area contributed by atoms with E-state index in [-0.39, 0.29) is 5.41 Å². The van der Waals surface area contributed by atoms with Crippen LogP contribution in [0.1, 0.15) is 43.2 Å². The van der Waals surface area contributed by atoms with Gasteiger partial charge in [-0.2, -0.15) is 0 Å². The molecule has 0 amide bonds. The van der Waals surface area contributed by atoms with Crippen molar-refractivity contribution in [1.82, 2.24) is 4.57 Å². The first-order valence-electron chi connectivity index (χ1n) is 22.2. The van der Waals surface area contributed by atoms with Crippen LogP contribution >= 0.6 is 0 Å². The summed E-state index contributed by atoms with van der Waals surface area (Å²) in [4.78, 5) is 2.52. The average molecular weight is 795 g/mol. The van der Waals surface area contributed by atoms with E-state index in [1.807, 2.05) is 0 Å². The second kappa shape index (κ2) is 14.9. The Morgan fingerprint density at radius 2 is 0.887 bits per heavy atom. The molecular formula is C60H46N2. The van der Waals surface area contributed by atoms with E-state index in [2.05, 4.69) is 228 Å². The molecule has 0 atom stereocenters. The van der Waals surface area contributed by atoms with Gasteiger partial charge in [-0.25, -0.2) is 0 Å². The van der Waals surface area contributed by atoms with Gasteiger partial charge < -0.3 is 9.47 Å². The number of aromatic nitrogens is 1. The molecule has 1 heterocycles. The summed E-state index contributed by atoms with van der Waals surface area (Å²) in [7, 11) is 0. The van der Waals surface area contributed by atoms with E-state index >= 15 is 0 Å². The normalized spacial score (nSPS) is 13.9. The van der Waals surface area contributed by atoms with Crippen LogP contribution in [0.4, 0.5) is 17.1 Å². The Labute approximate surface area is 364 Å². The summed E-state index contributed by atoms with van der Waals surface area (Å²) in [6.45, 7) is 0. The highest BCUT2D eigenvalue weighted by Crippen LogP contribution is 2.57. The number of fused-ring (bicyclic) bond motifs is 8. The first kappa shape index (κ1) is 36.4. The summed E-state index contributed by atoms with van der Waals surface area (Å²) in [5.41, 5.74) is 20.1. The number of hydrogen-bond donors (Lipinski definition) is 0. The maximum atomic E-state index is 2.52. The molecule has 296 valence electrons. The van der Waals surface area contributed by atoms with Gasteiger partial charge in [0.15, 0.2) is 0 Å². The molecule has 9 aromatic carbocycles. The van der Waals surface area contributed by atoms with Crippen molar-refractivity contribution in [2.24, 2.45) is 0 Å². The van der Waals surface area contributed by atoms with Gasteiger partial charge in [-0.15, -0.1) is 0 Å². The first-order valence-corrected chi connectivity index (χ1v) is 22.2. The second-order valence-electron chi connectivity index (χ2n) is 17.1. The van der Waals surface area contributed by atoms with Crippen molar-refractivity contribution in [1.29, 1.82) is 0 Å². The summed E-state index contributed by atoms with van der Waals surface area (Å²) >= 11 is 0. The third-order valence-corrected chi connectivity index (χ3v) is 13.8. The molecule has 0 unspecified atom stereocenters. The van der Waals surface area contributed by atoms with Crippen LogP contribution in [0.3, 0.4) is 0 Å². The molecule has 0 N–H and O–H groups in total. The predicted molar refractivity (Wildman–Crippen MR) is 261 cm³/mol. The smallest absolute Gasteiger partial charge is 0.0561 e. The van der Waals surface area contributed by atoms with Gasteiger partial charge >= 0.3 is 0 Å². The SMILES string of the molecule is c1ccc(-c2ccccc2-c2ccccc2-c2ccccc2N(c2ccc3c(c2)-c2ccccc2C32CCCCC2)c2ccc3c4ccccc4n(-c4ccccc4)c3c2)cc1. The van der Waals surface area contributed by atoms with Gasteiger partial charge in [0.05, 0.1) is 16.7 Å². The van der Waals surface area contributed by atoms with Gasteiger partial charge in [0, 0.05) is 38.8 Å². The molecule has 0 aliphatic heterocycles. The molecule has 1 saturated carbocycles. The lowest BCUT2D eigenvalue weighted by atomic mass is 9.68. The highest BCUT2D eigenvalue weighted by atomic mass is 15.1. The molecule has 1 spiro atoms. The van der Waals surface area contributed by atoms with Crippen molar-refractivity contribution in [2.45, 2.75) is 37.5 Å². The number of anilines is 3. The van der Waals surface area contributed by atoms with Crippen molar-refractivity contribution >= 4 is 38.9 Å². The summed E-state index contributed by atoms with van der Waals surface area (Å²) in [5, 5.41) is 2.49. The highest BCUT2D eigenvalue weighted by molar-refractivity contribution is 6.11. The Bertz CT molecular complexity index is 3280. The first-order chi connectivity index (χ1) is 30.8. The summed E-state index contributed by atoms with van der Waals surface area (Å²) in [6.07, 6.45) is 6.30. The van der Waals surface area contributed by atoms with Gasteiger partial charge in [-0.05, 0) is 111 Å². The molecule has 2 aliphatic rings. The Morgan fingerprint density at radius 1 is 0.355 bits per heavy atom. The maximum absolute atomic E-state index is 2.52. The standard InChI is InChI=1S/C60H46N2/c1-4-20-42(21-5-1)46-24-8-9-25-47(46)48-26-10-11-27-49(48)51-29-13-16-32-57(51)61(44-35-37-56-54(40-44)50-28-12-15-31-55(50)60(56)38-18-3-19-39-60)45-34-36-53-52-30-14-17-33-58(52)62(59(53)41-45)43-22-6-2-7-23-43/h1-2,4-17,20-37,40-41H,3,18-19,38-39H2. The lowest BCUT2D eigenvalue weighted by molar-refractivity contribution is 0.353. The molecule has 0 bridgehead atoms. The molecule has 2 heteroatoms. The Kier molecular flexibility index (Phi) is 8.78. The monoisotopic (exact) mass is 794 g/mol. The molecular weight excluding hydrogens is 749 g/mol. The number of hydrogen-bond acceptors (Lipinski definition) is 1. The maximum Gasteiger partial charge on any atom is 0.0561 e. The number of para-hydroxylation sites is 3. The van der Waals surface area contributed by atoms with Crippen molar-refractivity contribution in [3.63, 3.8) is 0 Å². The van der Waals surface area contributed by atoms with E-state index in [4.69, 9.17) is 0 Å². The van der Waals surface area contributed by atoms with Crippen molar-refractivity contribution in [3.05, 3.63) is 230 Å².